The Balaban J connectivity index is 2.03. The maximum atomic E-state index is 5.75. The van der Waals surface area contributed by atoms with Gasteiger partial charge in [-0.25, -0.2) is 0 Å². The molecule has 21 heavy (non-hydrogen) atoms. The Labute approximate surface area is 127 Å². The van der Waals surface area contributed by atoms with Crippen molar-refractivity contribution in [1.29, 1.82) is 0 Å². The summed E-state index contributed by atoms with van der Waals surface area (Å²) in [6.45, 7) is 5.84. The van der Waals surface area contributed by atoms with Crippen molar-refractivity contribution in [3.8, 4) is 5.75 Å². The molecule has 1 heterocycles. The topological polar surface area (TPSA) is 39.7 Å². The fourth-order valence-electron chi connectivity index (χ4n) is 2.93. The smallest absolute Gasteiger partial charge is 0.124 e. The summed E-state index contributed by atoms with van der Waals surface area (Å²) >= 11 is 0. The first-order valence-electron chi connectivity index (χ1n) is 7.69. The minimum Gasteiger partial charge on any atom is -0.496 e. The van der Waals surface area contributed by atoms with Gasteiger partial charge in [-0.05, 0) is 44.4 Å². The lowest BCUT2D eigenvalue weighted by Crippen LogP contribution is -2.38. The molecule has 0 spiro atoms. The average molecular weight is 293 g/mol. The number of hydrogen-bond acceptors (Lipinski definition) is 4. The van der Waals surface area contributed by atoms with E-state index < -0.39 is 0 Å². The van der Waals surface area contributed by atoms with E-state index in [0.29, 0.717) is 18.8 Å². The molecule has 1 saturated heterocycles. The van der Waals surface area contributed by atoms with Crippen molar-refractivity contribution in [1.82, 2.24) is 5.32 Å². The fourth-order valence-corrected chi connectivity index (χ4v) is 2.93. The summed E-state index contributed by atoms with van der Waals surface area (Å²) in [5.41, 5.74) is 2.32. The summed E-state index contributed by atoms with van der Waals surface area (Å²) in [6, 6.07) is 6.90. The summed E-state index contributed by atoms with van der Waals surface area (Å²) in [7, 11) is 3.39. The second kappa shape index (κ2) is 7.78. The number of benzene rings is 1. The van der Waals surface area contributed by atoms with Gasteiger partial charge in [-0.15, -0.1) is 0 Å². The Morgan fingerprint density at radius 2 is 2.14 bits per heavy atom. The third-order valence-corrected chi connectivity index (χ3v) is 4.14. The largest absolute Gasteiger partial charge is 0.496 e. The number of nitrogens with one attached hydrogen (secondary N) is 1. The first-order chi connectivity index (χ1) is 10.2. The molecule has 4 heteroatoms. The van der Waals surface area contributed by atoms with Crippen molar-refractivity contribution < 1.29 is 14.2 Å². The molecule has 3 atom stereocenters. The molecule has 0 radical (unpaired) electrons. The Hall–Kier alpha value is -1.10. The lowest BCUT2D eigenvalue weighted by atomic mass is 10.0. The highest BCUT2D eigenvalue weighted by Gasteiger charge is 2.23. The zero-order valence-corrected chi connectivity index (χ0v) is 13.5. The van der Waals surface area contributed by atoms with E-state index in [1.165, 1.54) is 12.0 Å². The van der Waals surface area contributed by atoms with E-state index in [0.717, 1.165) is 24.3 Å². The predicted molar refractivity (Wildman–Crippen MR) is 83.7 cm³/mol. The summed E-state index contributed by atoms with van der Waals surface area (Å²) in [4.78, 5) is 0. The van der Waals surface area contributed by atoms with E-state index in [9.17, 15) is 0 Å². The highest BCUT2D eigenvalue weighted by Crippen LogP contribution is 2.25. The molecule has 0 amide bonds. The van der Waals surface area contributed by atoms with Crippen LogP contribution >= 0.6 is 0 Å². The third-order valence-electron chi connectivity index (χ3n) is 4.14. The van der Waals surface area contributed by atoms with Gasteiger partial charge in [0.25, 0.3) is 0 Å². The highest BCUT2D eigenvalue weighted by molar-refractivity contribution is 5.38. The standard InChI is InChI=1S/C17H27NO3/c1-12(18-13(2)16-6-5-9-21-16)14-7-8-17(20-4)15(10-14)11-19-3/h7-8,10,12-13,16,18H,5-6,9,11H2,1-4H3. The SMILES string of the molecule is COCc1cc(C(C)NC(C)C2CCCO2)ccc1OC. The molecule has 1 aromatic rings. The number of methoxy groups -OCH3 is 2. The van der Waals surface area contributed by atoms with E-state index in [1.54, 1.807) is 14.2 Å². The third kappa shape index (κ3) is 4.19. The van der Waals surface area contributed by atoms with Crippen LogP contribution in [-0.2, 0) is 16.1 Å². The first kappa shape index (κ1) is 16.3. The van der Waals surface area contributed by atoms with E-state index in [2.05, 4.69) is 31.3 Å². The van der Waals surface area contributed by atoms with Gasteiger partial charge < -0.3 is 19.5 Å². The van der Waals surface area contributed by atoms with Gasteiger partial charge in [0.05, 0.1) is 19.8 Å². The molecule has 1 aliphatic heterocycles. The van der Waals surface area contributed by atoms with Crippen molar-refractivity contribution in [2.45, 2.75) is 51.5 Å². The molecule has 1 aromatic carbocycles. The molecule has 1 fully saturated rings. The molecule has 0 aromatic heterocycles. The van der Waals surface area contributed by atoms with Crippen molar-refractivity contribution >= 4 is 0 Å². The van der Waals surface area contributed by atoms with Gasteiger partial charge in [-0.2, -0.15) is 0 Å². The molecular formula is C17H27NO3. The molecule has 4 nitrogen and oxygen atoms in total. The zero-order chi connectivity index (χ0) is 15.2. The van der Waals surface area contributed by atoms with Crippen LogP contribution in [0.15, 0.2) is 18.2 Å². The van der Waals surface area contributed by atoms with Gasteiger partial charge in [-0.1, -0.05) is 6.07 Å². The van der Waals surface area contributed by atoms with Gasteiger partial charge >= 0.3 is 0 Å². The van der Waals surface area contributed by atoms with Crippen LogP contribution in [0.5, 0.6) is 5.75 Å². The van der Waals surface area contributed by atoms with Crippen LogP contribution in [0.25, 0.3) is 0 Å². The molecule has 0 aliphatic carbocycles. The first-order valence-corrected chi connectivity index (χ1v) is 7.69. The Morgan fingerprint density at radius 3 is 2.76 bits per heavy atom. The Bertz CT molecular complexity index is 444. The van der Waals surface area contributed by atoms with Gasteiger partial charge in [0.15, 0.2) is 0 Å². The van der Waals surface area contributed by atoms with Crippen molar-refractivity contribution in [3.63, 3.8) is 0 Å². The van der Waals surface area contributed by atoms with E-state index >= 15 is 0 Å². The average Bonchev–Trinajstić information content (AvgIpc) is 3.01. The molecule has 1 aliphatic rings. The summed E-state index contributed by atoms with van der Waals surface area (Å²) in [6.07, 6.45) is 2.66. The maximum Gasteiger partial charge on any atom is 0.124 e. The van der Waals surface area contributed by atoms with E-state index in [1.807, 2.05) is 6.07 Å². The lowest BCUT2D eigenvalue weighted by Gasteiger charge is -2.25. The summed E-state index contributed by atoms with van der Waals surface area (Å²) < 4.78 is 16.4. The van der Waals surface area contributed by atoms with Crippen LogP contribution in [0.2, 0.25) is 0 Å². The highest BCUT2D eigenvalue weighted by atomic mass is 16.5. The van der Waals surface area contributed by atoms with Gasteiger partial charge in [-0.3, -0.25) is 0 Å². The number of hydrogen-bond donors (Lipinski definition) is 1. The van der Waals surface area contributed by atoms with Crippen molar-refractivity contribution in [2.24, 2.45) is 0 Å². The Morgan fingerprint density at radius 1 is 1.33 bits per heavy atom. The minimum atomic E-state index is 0.269. The van der Waals surface area contributed by atoms with Crippen molar-refractivity contribution in [3.05, 3.63) is 29.3 Å². The van der Waals surface area contributed by atoms with Crippen molar-refractivity contribution in [2.75, 3.05) is 20.8 Å². The van der Waals surface area contributed by atoms with Gasteiger partial charge in [0.1, 0.15) is 5.75 Å². The van der Waals surface area contributed by atoms with Crippen LogP contribution in [0, 0.1) is 0 Å². The van der Waals surface area contributed by atoms with Crippen LogP contribution in [0.1, 0.15) is 43.9 Å². The number of ether oxygens (including phenoxy) is 3. The normalized spacial score (nSPS) is 21.2. The molecule has 3 unspecified atom stereocenters. The van der Waals surface area contributed by atoms with Gasteiger partial charge in [0.2, 0.25) is 0 Å². The van der Waals surface area contributed by atoms with E-state index in [4.69, 9.17) is 14.2 Å². The summed E-state index contributed by atoms with van der Waals surface area (Å²) in [5.74, 6) is 0.875. The maximum absolute atomic E-state index is 5.75. The summed E-state index contributed by atoms with van der Waals surface area (Å²) in [5, 5.41) is 3.64. The fraction of sp³-hybridized carbons (Fsp3) is 0.647. The van der Waals surface area contributed by atoms with Crippen LogP contribution < -0.4 is 10.1 Å². The molecule has 118 valence electrons. The van der Waals surface area contributed by atoms with Crippen LogP contribution in [0.3, 0.4) is 0 Å². The van der Waals surface area contributed by atoms with Crippen LogP contribution in [0.4, 0.5) is 0 Å². The predicted octanol–water partition coefficient (Wildman–Crippen LogP) is 3.06. The second-order valence-corrected chi connectivity index (χ2v) is 5.73. The second-order valence-electron chi connectivity index (χ2n) is 5.73. The lowest BCUT2D eigenvalue weighted by molar-refractivity contribution is 0.0804. The molecule has 0 saturated carbocycles. The minimum absolute atomic E-state index is 0.269. The Kier molecular flexibility index (Phi) is 6.03. The molecular weight excluding hydrogens is 266 g/mol. The quantitative estimate of drug-likeness (QED) is 0.838. The molecule has 2 rings (SSSR count). The number of rotatable bonds is 7. The monoisotopic (exact) mass is 293 g/mol. The van der Waals surface area contributed by atoms with Gasteiger partial charge in [0, 0.05) is 31.4 Å². The molecule has 0 bridgehead atoms. The van der Waals surface area contributed by atoms with E-state index in [-0.39, 0.29) is 6.04 Å². The van der Waals surface area contributed by atoms with Crippen LogP contribution in [-0.4, -0.2) is 33.0 Å². The molecule has 1 N–H and O–H groups in total. The zero-order valence-electron chi connectivity index (χ0n) is 13.5.